The summed E-state index contributed by atoms with van der Waals surface area (Å²) in [5.74, 6) is -2.79. The minimum Gasteiger partial charge on any atom is -0.434 e. The standard InChI is InChI=1S/C32H41ClN6O8S2/c1-48(43,44)38-26(10-5-7-17-35)32(42)39-19-23(49(45,46)20-21-12-14-22(33)15-13-21)18-27(39)30(41)36-25(9-4-6-16-34)29(40)31-37-24-8-2-3-11-28(24)47-31/h2-3,5,7-8,11-15,23,25-27,38H,4,6,9-10,16-20,34-35H2,1H3,(H,36,41)/b7-5+/t23-,25+,26-,27+/m1/s1. The number of nitrogens with one attached hydrogen (secondary N) is 2. The van der Waals surface area contributed by atoms with Crippen LogP contribution in [0, 0.1) is 0 Å². The lowest BCUT2D eigenvalue weighted by Crippen LogP contribution is -2.55. The van der Waals surface area contributed by atoms with Crippen molar-refractivity contribution >= 4 is 60.2 Å². The molecule has 3 aromatic rings. The van der Waals surface area contributed by atoms with E-state index in [0.717, 1.165) is 11.2 Å². The van der Waals surface area contributed by atoms with Gasteiger partial charge in [-0.1, -0.05) is 48.0 Å². The Morgan fingerprint density at radius 3 is 2.41 bits per heavy atom. The van der Waals surface area contributed by atoms with E-state index in [2.05, 4.69) is 15.0 Å². The number of likely N-dealkylation sites (tertiary alicyclic amines) is 1. The Labute approximate surface area is 290 Å². The monoisotopic (exact) mass is 736 g/mol. The molecule has 49 heavy (non-hydrogen) atoms. The third kappa shape index (κ3) is 10.4. The minimum atomic E-state index is -3.95. The molecule has 2 heterocycles. The summed E-state index contributed by atoms with van der Waals surface area (Å²) >= 11 is 5.96. The van der Waals surface area contributed by atoms with Crippen LogP contribution in [-0.4, -0.2) is 93.6 Å². The van der Waals surface area contributed by atoms with Gasteiger partial charge in [0.05, 0.1) is 23.3 Å². The summed E-state index contributed by atoms with van der Waals surface area (Å²) in [6.07, 6.45) is 4.75. The van der Waals surface area contributed by atoms with Crippen LogP contribution < -0.4 is 21.5 Å². The summed E-state index contributed by atoms with van der Waals surface area (Å²) in [5, 5.41) is 1.96. The van der Waals surface area contributed by atoms with Crippen LogP contribution in [0.1, 0.15) is 48.4 Å². The highest BCUT2D eigenvalue weighted by atomic mass is 35.5. The molecule has 1 fully saturated rings. The Morgan fingerprint density at radius 2 is 1.76 bits per heavy atom. The summed E-state index contributed by atoms with van der Waals surface area (Å²) in [6, 6.07) is 9.20. The normalized spacial score (nSPS) is 18.2. The van der Waals surface area contributed by atoms with Crippen LogP contribution in [0.25, 0.3) is 11.1 Å². The first kappa shape index (κ1) is 38.1. The van der Waals surface area contributed by atoms with Gasteiger partial charge in [-0.3, -0.25) is 14.4 Å². The van der Waals surface area contributed by atoms with E-state index in [1.165, 1.54) is 6.08 Å². The molecule has 1 saturated heterocycles. The number of carbonyl (C=O) groups excluding carboxylic acids is 3. The number of nitrogens with two attached hydrogens (primary N) is 2. The van der Waals surface area contributed by atoms with E-state index in [9.17, 15) is 31.2 Å². The molecule has 2 aromatic carbocycles. The zero-order valence-corrected chi connectivity index (χ0v) is 29.3. The number of oxazole rings is 1. The highest BCUT2D eigenvalue weighted by Crippen LogP contribution is 2.28. The number of benzene rings is 2. The quantitative estimate of drug-likeness (QED) is 0.0886. The lowest BCUT2D eigenvalue weighted by Gasteiger charge is -2.29. The maximum atomic E-state index is 14.0. The summed E-state index contributed by atoms with van der Waals surface area (Å²) in [7, 11) is -7.86. The predicted octanol–water partition coefficient (Wildman–Crippen LogP) is 1.69. The number of Topliss-reactive ketones (excluding diaryl/α,β-unsaturated/α-hetero) is 1. The largest absolute Gasteiger partial charge is 0.434 e. The van der Waals surface area contributed by atoms with E-state index >= 15 is 0 Å². The van der Waals surface area contributed by atoms with E-state index in [0.29, 0.717) is 41.1 Å². The Bertz CT molecular complexity index is 1850. The molecule has 6 N–H and O–H groups in total. The molecule has 0 bridgehead atoms. The van der Waals surface area contributed by atoms with Gasteiger partial charge < -0.3 is 26.1 Å². The molecular weight excluding hydrogens is 696 g/mol. The van der Waals surface area contributed by atoms with Gasteiger partial charge in [0.15, 0.2) is 15.4 Å². The number of para-hydroxylation sites is 2. The van der Waals surface area contributed by atoms with Crippen LogP contribution in [0.5, 0.6) is 0 Å². The first-order valence-corrected chi connectivity index (χ1v) is 19.7. The molecule has 0 aliphatic carbocycles. The summed E-state index contributed by atoms with van der Waals surface area (Å²) in [4.78, 5) is 47.0. The third-order valence-electron chi connectivity index (χ3n) is 8.05. The molecule has 1 aliphatic heterocycles. The molecule has 0 radical (unpaired) electrons. The minimum absolute atomic E-state index is 0.103. The first-order chi connectivity index (χ1) is 23.2. The van der Waals surface area contributed by atoms with Gasteiger partial charge in [0.1, 0.15) is 17.6 Å². The number of fused-ring (bicyclic) bond motifs is 1. The van der Waals surface area contributed by atoms with Gasteiger partial charge in [-0.25, -0.2) is 26.5 Å². The van der Waals surface area contributed by atoms with E-state index < -0.39 is 60.8 Å². The van der Waals surface area contributed by atoms with Crippen LogP contribution in [0.4, 0.5) is 0 Å². The molecule has 1 aliphatic rings. The second kappa shape index (κ2) is 16.8. The number of hydrogen-bond donors (Lipinski definition) is 4. The Morgan fingerprint density at radius 1 is 1.04 bits per heavy atom. The van der Waals surface area contributed by atoms with Gasteiger partial charge in [0.25, 0.3) is 5.89 Å². The molecular formula is C32H41ClN6O8S2. The number of unbranched alkanes of at least 4 members (excludes halogenated alkanes) is 1. The summed E-state index contributed by atoms with van der Waals surface area (Å²) in [6.45, 7) is 0.106. The average molecular weight is 737 g/mol. The molecule has 17 heteroatoms. The van der Waals surface area contributed by atoms with Crippen molar-refractivity contribution in [3.63, 3.8) is 0 Å². The topological polar surface area (TPSA) is 225 Å². The first-order valence-electron chi connectivity index (χ1n) is 15.7. The fraction of sp³-hybridized carbons (Fsp3) is 0.438. The summed E-state index contributed by atoms with van der Waals surface area (Å²) in [5.41, 5.74) is 12.5. The molecule has 2 amide bonds. The van der Waals surface area contributed by atoms with Gasteiger partial charge >= 0.3 is 0 Å². The van der Waals surface area contributed by atoms with Crippen molar-refractivity contribution < 1.29 is 35.6 Å². The van der Waals surface area contributed by atoms with Crippen LogP contribution in [0.15, 0.2) is 65.1 Å². The Kier molecular flexibility index (Phi) is 13.1. The zero-order valence-electron chi connectivity index (χ0n) is 27.0. The van der Waals surface area contributed by atoms with Gasteiger partial charge in [0, 0.05) is 18.1 Å². The van der Waals surface area contributed by atoms with Crippen molar-refractivity contribution in [2.75, 3.05) is 25.9 Å². The number of sulfone groups is 1. The van der Waals surface area contributed by atoms with Crippen LogP contribution in [0.3, 0.4) is 0 Å². The fourth-order valence-electron chi connectivity index (χ4n) is 5.62. The second-order valence-electron chi connectivity index (χ2n) is 11.9. The maximum absolute atomic E-state index is 14.0. The fourth-order valence-corrected chi connectivity index (χ4v) is 8.22. The number of rotatable bonds is 17. The van der Waals surface area contributed by atoms with Crippen molar-refractivity contribution in [2.24, 2.45) is 11.5 Å². The maximum Gasteiger partial charge on any atom is 0.266 e. The van der Waals surface area contributed by atoms with Crippen molar-refractivity contribution in [1.29, 1.82) is 0 Å². The molecule has 4 rings (SSSR count). The van der Waals surface area contributed by atoms with Crippen molar-refractivity contribution in [3.8, 4) is 0 Å². The highest BCUT2D eigenvalue weighted by Gasteiger charge is 2.47. The summed E-state index contributed by atoms with van der Waals surface area (Å²) < 4.78 is 59.8. The molecule has 0 spiro atoms. The van der Waals surface area contributed by atoms with Crippen molar-refractivity contribution in [1.82, 2.24) is 19.9 Å². The molecule has 4 atom stereocenters. The van der Waals surface area contributed by atoms with Crippen molar-refractivity contribution in [2.45, 2.75) is 61.2 Å². The molecule has 14 nitrogen and oxygen atoms in total. The molecule has 0 unspecified atom stereocenters. The van der Waals surface area contributed by atoms with Gasteiger partial charge in [-0.05, 0) is 68.5 Å². The van der Waals surface area contributed by atoms with E-state index in [4.69, 9.17) is 27.5 Å². The number of aromatic nitrogens is 1. The number of hydrogen-bond acceptors (Lipinski definition) is 11. The van der Waals surface area contributed by atoms with Gasteiger partial charge in [-0.15, -0.1) is 0 Å². The van der Waals surface area contributed by atoms with E-state index in [-0.39, 0.29) is 44.0 Å². The van der Waals surface area contributed by atoms with Gasteiger partial charge in [-0.2, -0.15) is 0 Å². The van der Waals surface area contributed by atoms with Gasteiger partial charge in [0.2, 0.25) is 27.6 Å². The number of halogens is 1. The molecule has 266 valence electrons. The number of carbonyl (C=O) groups is 3. The number of nitrogens with zero attached hydrogens (tertiary/aromatic N) is 2. The Balaban J connectivity index is 1.66. The lowest BCUT2D eigenvalue weighted by molar-refractivity contribution is -0.139. The smallest absolute Gasteiger partial charge is 0.266 e. The highest BCUT2D eigenvalue weighted by molar-refractivity contribution is 7.91. The SMILES string of the molecule is CS(=O)(=O)N[C@H](C/C=C/CN)C(=O)N1C[C@H](S(=O)(=O)Cc2ccc(Cl)cc2)C[C@H]1C(=O)N[C@@H](CCCCN)C(=O)c1nc2ccccc2o1. The predicted molar refractivity (Wildman–Crippen MR) is 186 cm³/mol. The zero-order chi connectivity index (χ0) is 35.8. The average Bonchev–Trinajstić information content (AvgIpc) is 3.70. The lowest BCUT2D eigenvalue weighted by atomic mass is 10.0. The third-order valence-corrected chi connectivity index (χ3v) is 11.1. The van der Waals surface area contributed by atoms with Crippen LogP contribution in [0.2, 0.25) is 5.02 Å². The van der Waals surface area contributed by atoms with Crippen LogP contribution in [-0.2, 0) is 35.2 Å². The van der Waals surface area contributed by atoms with E-state index in [1.54, 1.807) is 54.6 Å². The van der Waals surface area contributed by atoms with Crippen LogP contribution >= 0.6 is 11.6 Å². The molecule has 0 saturated carbocycles. The number of sulfonamides is 1. The number of ketones is 1. The molecule has 1 aromatic heterocycles. The Hall–Kier alpha value is -3.67. The second-order valence-corrected chi connectivity index (χ2v) is 16.4. The van der Waals surface area contributed by atoms with Crippen molar-refractivity contribution in [3.05, 3.63) is 77.2 Å². The number of amides is 2. The van der Waals surface area contributed by atoms with E-state index in [1.807, 2.05) is 0 Å².